The van der Waals surface area contributed by atoms with Crippen molar-refractivity contribution in [1.29, 1.82) is 0 Å². The maximum Gasteiger partial charge on any atom is 0.573 e. The molecule has 3 rings (SSSR count). The summed E-state index contributed by atoms with van der Waals surface area (Å²) in [6, 6.07) is 6.50. The fourth-order valence-corrected chi connectivity index (χ4v) is 5.35. The first-order valence-corrected chi connectivity index (χ1v) is 11.3. The monoisotopic (exact) mass is 396 g/mol. The van der Waals surface area contributed by atoms with Crippen molar-refractivity contribution in [2.75, 3.05) is 0 Å². The zero-order valence-corrected chi connectivity index (χ0v) is 17.1. The molecule has 0 heterocycles. The van der Waals surface area contributed by atoms with Gasteiger partial charge in [-0.2, -0.15) is 0 Å². The lowest BCUT2D eigenvalue weighted by Crippen LogP contribution is -2.17. The normalized spacial score (nSPS) is 28.9. The molecule has 0 aliphatic heterocycles. The van der Waals surface area contributed by atoms with Gasteiger partial charge < -0.3 is 4.74 Å². The van der Waals surface area contributed by atoms with Crippen molar-refractivity contribution in [3.8, 4) is 5.75 Å². The Labute approximate surface area is 168 Å². The van der Waals surface area contributed by atoms with Crippen molar-refractivity contribution in [3.63, 3.8) is 0 Å². The molecule has 0 amide bonds. The van der Waals surface area contributed by atoms with Gasteiger partial charge in [0.1, 0.15) is 5.75 Å². The van der Waals surface area contributed by atoms with E-state index in [1.807, 2.05) is 0 Å². The van der Waals surface area contributed by atoms with Gasteiger partial charge in [-0.25, -0.2) is 0 Å². The van der Waals surface area contributed by atoms with E-state index in [0.29, 0.717) is 5.92 Å². The van der Waals surface area contributed by atoms with Gasteiger partial charge in [0.2, 0.25) is 0 Å². The summed E-state index contributed by atoms with van der Waals surface area (Å²) in [5, 5.41) is 0. The van der Waals surface area contributed by atoms with Gasteiger partial charge in [0.25, 0.3) is 0 Å². The zero-order chi connectivity index (χ0) is 20.0. The zero-order valence-electron chi connectivity index (χ0n) is 17.1. The van der Waals surface area contributed by atoms with E-state index in [1.165, 1.54) is 76.3 Å². The first-order chi connectivity index (χ1) is 13.4. The molecule has 1 aromatic rings. The van der Waals surface area contributed by atoms with Gasteiger partial charge in [0, 0.05) is 0 Å². The van der Waals surface area contributed by atoms with E-state index in [-0.39, 0.29) is 5.75 Å². The molecule has 28 heavy (non-hydrogen) atoms. The van der Waals surface area contributed by atoms with Crippen LogP contribution in [0.2, 0.25) is 0 Å². The van der Waals surface area contributed by atoms with Crippen molar-refractivity contribution in [2.24, 2.45) is 17.8 Å². The smallest absolute Gasteiger partial charge is 0.406 e. The van der Waals surface area contributed by atoms with Crippen molar-refractivity contribution in [2.45, 2.75) is 96.3 Å². The summed E-state index contributed by atoms with van der Waals surface area (Å²) in [6.45, 7) is 2.33. The van der Waals surface area contributed by atoms with Gasteiger partial charge >= 0.3 is 6.36 Å². The maximum absolute atomic E-state index is 12.3. The van der Waals surface area contributed by atoms with E-state index in [0.717, 1.165) is 36.2 Å². The van der Waals surface area contributed by atoms with Crippen molar-refractivity contribution >= 4 is 0 Å². The molecule has 2 aliphatic carbocycles. The lowest BCUT2D eigenvalue weighted by Gasteiger charge is -2.30. The van der Waals surface area contributed by atoms with Crippen LogP contribution < -0.4 is 4.74 Å². The van der Waals surface area contributed by atoms with Crippen molar-refractivity contribution < 1.29 is 17.9 Å². The summed E-state index contributed by atoms with van der Waals surface area (Å²) in [4.78, 5) is 0. The van der Waals surface area contributed by atoms with Gasteiger partial charge in [-0.15, -0.1) is 13.2 Å². The molecular weight excluding hydrogens is 361 g/mol. The molecule has 0 aromatic heterocycles. The molecular formula is C24H35F3O. The van der Waals surface area contributed by atoms with Crippen LogP contribution in [-0.2, 0) is 0 Å². The fraction of sp³-hybridized carbons (Fsp3) is 0.750. The maximum atomic E-state index is 12.3. The molecule has 1 aromatic carbocycles. The Bertz CT molecular complexity index is 565. The number of ether oxygens (including phenoxy) is 1. The van der Waals surface area contributed by atoms with Crippen LogP contribution in [0.4, 0.5) is 13.2 Å². The second-order valence-corrected chi connectivity index (χ2v) is 9.06. The highest BCUT2D eigenvalue weighted by Crippen LogP contribution is 2.39. The molecule has 0 atom stereocenters. The Kier molecular flexibility index (Phi) is 7.70. The molecule has 4 heteroatoms. The van der Waals surface area contributed by atoms with Crippen molar-refractivity contribution in [1.82, 2.24) is 0 Å². The van der Waals surface area contributed by atoms with Crippen LogP contribution in [-0.4, -0.2) is 6.36 Å². The van der Waals surface area contributed by atoms with E-state index < -0.39 is 6.36 Å². The van der Waals surface area contributed by atoms with E-state index in [9.17, 15) is 13.2 Å². The topological polar surface area (TPSA) is 9.23 Å². The predicted octanol–water partition coefficient (Wildman–Crippen LogP) is 8.25. The third-order valence-electron chi connectivity index (χ3n) is 7.20. The Morgan fingerprint density at radius 1 is 0.786 bits per heavy atom. The number of benzene rings is 1. The highest BCUT2D eigenvalue weighted by Gasteiger charge is 2.31. The molecule has 2 aliphatic rings. The average Bonchev–Trinajstić information content (AvgIpc) is 2.68. The molecule has 2 fully saturated rings. The number of hydrogen-bond donors (Lipinski definition) is 0. The lowest BCUT2D eigenvalue weighted by molar-refractivity contribution is -0.274. The van der Waals surface area contributed by atoms with Gasteiger partial charge in [0.05, 0.1) is 0 Å². The van der Waals surface area contributed by atoms with Crippen LogP contribution in [0.15, 0.2) is 24.3 Å². The Morgan fingerprint density at radius 3 is 1.79 bits per heavy atom. The number of alkyl halides is 3. The minimum Gasteiger partial charge on any atom is -0.406 e. The molecule has 0 N–H and O–H groups in total. The Morgan fingerprint density at radius 2 is 1.29 bits per heavy atom. The summed E-state index contributed by atoms with van der Waals surface area (Å²) >= 11 is 0. The third-order valence-corrected chi connectivity index (χ3v) is 7.20. The molecule has 0 saturated heterocycles. The number of rotatable bonds is 7. The van der Waals surface area contributed by atoms with Crippen LogP contribution in [0.1, 0.15) is 95.5 Å². The Hall–Kier alpha value is -1.19. The number of halogens is 3. The largest absolute Gasteiger partial charge is 0.573 e. The van der Waals surface area contributed by atoms with Crippen LogP contribution in [0.5, 0.6) is 5.75 Å². The first-order valence-electron chi connectivity index (χ1n) is 11.3. The second-order valence-electron chi connectivity index (χ2n) is 9.06. The summed E-state index contributed by atoms with van der Waals surface area (Å²) in [5.74, 6) is 3.16. The van der Waals surface area contributed by atoms with Crippen LogP contribution in [0.3, 0.4) is 0 Å². The predicted molar refractivity (Wildman–Crippen MR) is 107 cm³/mol. The van der Waals surface area contributed by atoms with E-state index in [1.54, 1.807) is 12.1 Å². The standard InChI is InChI=1S/C24H35F3O/c1-2-18-6-8-19(9-7-18)4-3-5-20-10-12-21(13-11-20)22-14-16-23(17-15-22)28-24(25,26)27/h14-21H,2-13H2,1H3. The fourth-order valence-electron chi connectivity index (χ4n) is 5.35. The highest BCUT2D eigenvalue weighted by atomic mass is 19.4. The van der Waals surface area contributed by atoms with E-state index >= 15 is 0 Å². The van der Waals surface area contributed by atoms with E-state index in [4.69, 9.17) is 0 Å². The molecule has 158 valence electrons. The Balaban J connectivity index is 1.34. The summed E-state index contributed by atoms with van der Waals surface area (Å²) < 4.78 is 40.8. The van der Waals surface area contributed by atoms with Crippen LogP contribution >= 0.6 is 0 Å². The highest BCUT2D eigenvalue weighted by molar-refractivity contribution is 5.29. The quantitative estimate of drug-likeness (QED) is 0.451. The minimum atomic E-state index is -4.62. The second kappa shape index (κ2) is 10.0. The van der Waals surface area contributed by atoms with Crippen LogP contribution in [0.25, 0.3) is 0 Å². The summed E-state index contributed by atoms with van der Waals surface area (Å²) in [7, 11) is 0. The van der Waals surface area contributed by atoms with Crippen LogP contribution in [0, 0.1) is 17.8 Å². The van der Waals surface area contributed by atoms with Gasteiger partial charge in [-0.3, -0.25) is 0 Å². The summed E-state index contributed by atoms with van der Waals surface area (Å²) in [5.41, 5.74) is 1.15. The molecule has 2 saturated carbocycles. The number of hydrogen-bond acceptors (Lipinski definition) is 1. The third kappa shape index (κ3) is 6.70. The molecule has 0 radical (unpaired) electrons. The molecule has 0 unspecified atom stereocenters. The van der Waals surface area contributed by atoms with Gasteiger partial charge in [0.15, 0.2) is 0 Å². The summed E-state index contributed by atoms with van der Waals surface area (Å²) in [6.07, 6.45) is 11.5. The average molecular weight is 397 g/mol. The minimum absolute atomic E-state index is 0.127. The SMILES string of the molecule is CCC1CCC(CCCC2CCC(c3ccc(OC(F)(F)F)cc3)CC2)CC1. The first kappa shape index (κ1) is 21.5. The van der Waals surface area contributed by atoms with E-state index in [2.05, 4.69) is 11.7 Å². The lowest BCUT2D eigenvalue weighted by atomic mass is 9.75. The molecule has 0 bridgehead atoms. The molecule has 1 nitrogen and oxygen atoms in total. The van der Waals surface area contributed by atoms with Crippen molar-refractivity contribution in [3.05, 3.63) is 29.8 Å². The molecule has 0 spiro atoms. The van der Waals surface area contributed by atoms with Gasteiger partial charge in [-0.1, -0.05) is 70.4 Å². The van der Waals surface area contributed by atoms with Gasteiger partial charge in [-0.05, 0) is 67.1 Å².